The van der Waals surface area contributed by atoms with Crippen LogP contribution in [0.3, 0.4) is 0 Å². The summed E-state index contributed by atoms with van der Waals surface area (Å²) in [5, 5.41) is 3.55. The van der Waals surface area contributed by atoms with Gasteiger partial charge in [0.25, 0.3) is 0 Å². The number of nitrogens with zero attached hydrogens (tertiary/aromatic N) is 1. The molecule has 0 aliphatic heterocycles. The Morgan fingerprint density at radius 2 is 2.32 bits per heavy atom. The molecule has 4 nitrogen and oxygen atoms in total. The number of benzene rings is 1. The van der Waals surface area contributed by atoms with Crippen molar-refractivity contribution < 1.29 is 9.53 Å². The van der Waals surface area contributed by atoms with Gasteiger partial charge in [-0.1, -0.05) is 17.4 Å². The van der Waals surface area contributed by atoms with E-state index in [-0.39, 0.29) is 5.91 Å². The number of rotatable bonds is 4. The van der Waals surface area contributed by atoms with Gasteiger partial charge in [-0.2, -0.15) is 0 Å². The Hall–Kier alpha value is -1.62. The molecule has 0 bridgehead atoms. The quantitative estimate of drug-likeness (QED) is 0.931. The third-order valence-corrected chi connectivity index (χ3v) is 4.45. The second-order valence-electron chi connectivity index (χ2n) is 4.98. The van der Waals surface area contributed by atoms with Crippen molar-refractivity contribution in [2.24, 2.45) is 5.92 Å². The highest BCUT2D eigenvalue weighted by Crippen LogP contribution is 2.36. The van der Waals surface area contributed by atoms with Gasteiger partial charge in [-0.15, -0.1) is 0 Å². The Kier molecular flexibility index (Phi) is 3.14. The van der Waals surface area contributed by atoms with Gasteiger partial charge in [0.2, 0.25) is 5.91 Å². The molecule has 19 heavy (non-hydrogen) atoms. The lowest BCUT2D eigenvalue weighted by molar-refractivity contribution is -0.116. The van der Waals surface area contributed by atoms with Crippen LogP contribution in [0.25, 0.3) is 10.2 Å². The molecule has 1 aromatic heterocycles. The number of aryl methyl sites for hydroxylation is 1. The number of hydrogen-bond acceptors (Lipinski definition) is 4. The number of ether oxygens (including phenoxy) is 1. The number of thiazole rings is 1. The van der Waals surface area contributed by atoms with Crippen LogP contribution in [-0.2, 0) is 4.79 Å². The van der Waals surface area contributed by atoms with Crippen LogP contribution in [0, 0.1) is 12.8 Å². The van der Waals surface area contributed by atoms with Crippen LogP contribution < -0.4 is 10.1 Å². The Labute approximate surface area is 115 Å². The topological polar surface area (TPSA) is 51.2 Å². The fourth-order valence-electron chi connectivity index (χ4n) is 2.08. The fraction of sp³-hybridized carbons (Fsp3) is 0.429. The molecule has 0 unspecified atom stereocenters. The Morgan fingerprint density at radius 1 is 1.53 bits per heavy atom. The van der Waals surface area contributed by atoms with Crippen LogP contribution in [0.1, 0.15) is 24.8 Å². The zero-order valence-electron chi connectivity index (χ0n) is 11.0. The van der Waals surface area contributed by atoms with Crippen LogP contribution >= 0.6 is 11.3 Å². The van der Waals surface area contributed by atoms with Crippen molar-refractivity contribution >= 4 is 32.6 Å². The van der Waals surface area contributed by atoms with Crippen molar-refractivity contribution in [3.05, 3.63) is 17.7 Å². The van der Waals surface area contributed by atoms with E-state index in [1.807, 2.05) is 19.1 Å². The van der Waals surface area contributed by atoms with Gasteiger partial charge in [0.05, 0.1) is 11.8 Å². The van der Waals surface area contributed by atoms with Crippen LogP contribution in [0.5, 0.6) is 5.75 Å². The molecule has 0 radical (unpaired) electrons. The molecule has 5 heteroatoms. The first-order valence-corrected chi connectivity index (χ1v) is 7.23. The lowest BCUT2D eigenvalue weighted by Gasteiger charge is -2.01. The third kappa shape index (κ3) is 2.56. The highest BCUT2D eigenvalue weighted by Gasteiger charge is 2.24. The number of anilines is 1. The molecule has 1 aliphatic rings. The van der Waals surface area contributed by atoms with E-state index >= 15 is 0 Å². The molecule has 1 N–H and O–H groups in total. The van der Waals surface area contributed by atoms with Gasteiger partial charge in [-0.05, 0) is 37.3 Å². The summed E-state index contributed by atoms with van der Waals surface area (Å²) < 4.78 is 6.38. The summed E-state index contributed by atoms with van der Waals surface area (Å²) in [6.45, 7) is 2.04. The number of fused-ring (bicyclic) bond motifs is 1. The first-order chi connectivity index (χ1) is 9.17. The molecule has 0 spiro atoms. The van der Waals surface area contributed by atoms with E-state index < -0.39 is 0 Å². The maximum absolute atomic E-state index is 11.8. The number of amides is 1. The summed E-state index contributed by atoms with van der Waals surface area (Å²) in [5.41, 5.74) is 1.98. The number of carbonyl (C=O) groups excluding carboxylic acids is 1. The molecule has 3 rings (SSSR count). The lowest BCUT2D eigenvalue weighted by atomic mass is 10.2. The second-order valence-corrected chi connectivity index (χ2v) is 5.98. The number of methoxy groups -OCH3 is 1. The molecule has 1 fully saturated rings. The summed E-state index contributed by atoms with van der Waals surface area (Å²) in [7, 11) is 1.63. The average Bonchev–Trinajstić information content (AvgIpc) is 3.07. The molecule has 0 atom stereocenters. The maximum Gasteiger partial charge on any atom is 0.226 e. The van der Waals surface area contributed by atoms with Crippen LogP contribution in [-0.4, -0.2) is 18.0 Å². The smallest absolute Gasteiger partial charge is 0.226 e. The summed E-state index contributed by atoms with van der Waals surface area (Å²) >= 11 is 1.51. The minimum atomic E-state index is 0.0678. The zero-order chi connectivity index (χ0) is 13.4. The van der Waals surface area contributed by atoms with Crippen molar-refractivity contribution in [2.75, 3.05) is 12.4 Å². The summed E-state index contributed by atoms with van der Waals surface area (Å²) in [4.78, 5) is 16.3. The molecule has 2 aromatic rings. The number of nitrogens with one attached hydrogen (secondary N) is 1. The fourth-order valence-corrected chi connectivity index (χ4v) is 3.05. The summed E-state index contributed by atoms with van der Waals surface area (Å²) in [6, 6.07) is 3.92. The predicted octanol–water partition coefficient (Wildman–Crippen LogP) is 3.35. The Morgan fingerprint density at radius 3 is 3.00 bits per heavy atom. The van der Waals surface area contributed by atoms with Gasteiger partial charge in [0.15, 0.2) is 5.13 Å². The third-order valence-electron chi connectivity index (χ3n) is 3.34. The molecular weight excluding hydrogens is 260 g/mol. The van der Waals surface area contributed by atoms with Crippen molar-refractivity contribution in [3.8, 4) is 5.75 Å². The van der Waals surface area contributed by atoms with Crippen LogP contribution in [0.15, 0.2) is 12.1 Å². The van der Waals surface area contributed by atoms with Gasteiger partial charge in [0.1, 0.15) is 11.3 Å². The number of hydrogen-bond donors (Lipinski definition) is 1. The highest BCUT2D eigenvalue weighted by atomic mass is 32.1. The molecule has 1 amide bonds. The Bertz CT molecular complexity index is 632. The normalized spacial score (nSPS) is 14.6. The van der Waals surface area contributed by atoms with Gasteiger partial charge < -0.3 is 10.1 Å². The molecule has 1 saturated carbocycles. The van der Waals surface area contributed by atoms with Gasteiger partial charge in [-0.25, -0.2) is 4.98 Å². The molecule has 1 aromatic carbocycles. The molecule has 1 heterocycles. The van der Waals surface area contributed by atoms with Gasteiger partial charge >= 0.3 is 0 Å². The van der Waals surface area contributed by atoms with Crippen molar-refractivity contribution in [1.82, 2.24) is 4.98 Å². The summed E-state index contributed by atoms with van der Waals surface area (Å²) in [6.07, 6.45) is 2.98. The SMILES string of the molecule is COc1ccc(C)c2sc(NC(=O)CC3CC3)nc12. The largest absolute Gasteiger partial charge is 0.494 e. The van der Waals surface area contributed by atoms with Gasteiger partial charge in [0, 0.05) is 6.42 Å². The standard InChI is InChI=1S/C14H16N2O2S/c1-8-3-6-10(18-2)12-13(8)19-14(16-12)15-11(17)7-9-4-5-9/h3,6,9H,4-5,7H2,1-2H3,(H,15,16,17). The van der Waals surface area contributed by atoms with Crippen molar-refractivity contribution in [3.63, 3.8) is 0 Å². The molecule has 1 aliphatic carbocycles. The monoisotopic (exact) mass is 276 g/mol. The average molecular weight is 276 g/mol. The van der Waals surface area contributed by atoms with Crippen molar-refractivity contribution in [2.45, 2.75) is 26.2 Å². The Balaban J connectivity index is 1.87. The van der Waals surface area contributed by atoms with Crippen LogP contribution in [0.2, 0.25) is 0 Å². The van der Waals surface area contributed by atoms with E-state index in [1.54, 1.807) is 7.11 Å². The molecule has 100 valence electrons. The van der Waals surface area contributed by atoms with Crippen molar-refractivity contribution in [1.29, 1.82) is 0 Å². The number of carbonyl (C=O) groups is 1. The van der Waals surface area contributed by atoms with E-state index in [0.717, 1.165) is 21.5 Å². The lowest BCUT2D eigenvalue weighted by Crippen LogP contribution is -2.11. The van der Waals surface area contributed by atoms with E-state index in [0.29, 0.717) is 17.5 Å². The predicted molar refractivity (Wildman–Crippen MR) is 76.9 cm³/mol. The molecular formula is C14H16N2O2S. The summed E-state index contributed by atoms with van der Waals surface area (Å²) in [5.74, 6) is 1.41. The zero-order valence-corrected chi connectivity index (χ0v) is 11.8. The number of aromatic nitrogens is 1. The molecule has 0 saturated heterocycles. The maximum atomic E-state index is 11.8. The highest BCUT2D eigenvalue weighted by molar-refractivity contribution is 7.22. The van der Waals surface area contributed by atoms with E-state index in [2.05, 4.69) is 10.3 Å². The van der Waals surface area contributed by atoms with E-state index in [4.69, 9.17) is 4.74 Å². The first kappa shape index (κ1) is 12.4. The van der Waals surface area contributed by atoms with E-state index in [9.17, 15) is 4.79 Å². The minimum Gasteiger partial charge on any atom is -0.494 e. The second kappa shape index (κ2) is 4.81. The van der Waals surface area contributed by atoms with Gasteiger partial charge in [-0.3, -0.25) is 4.79 Å². The first-order valence-electron chi connectivity index (χ1n) is 6.41. The minimum absolute atomic E-state index is 0.0678. The van der Waals surface area contributed by atoms with E-state index in [1.165, 1.54) is 24.2 Å². The van der Waals surface area contributed by atoms with Crippen LogP contribution in [0.4, 0.5) is 5.13 Å².